The highest BCUT2D eigenvalue weighted by molar-refractivity contribution is 7.17. The van der Waals surface area contributed by atoms with E-state index in [9.17, 15) is 9.59 Å². The summed E-state index contributed by atoms with van der Waals surface area (Å²) >= 11 is 1.37. The fourth-order valence-corrected chi connectivity index (χ4v) is 4.66. The quantitative estimate of drug-likeness (QED) is 0.407. The minimum atomic E-state index is -0.656. The number of fused-ring (bicyclic) bond motifs is 4. The van der Waals surface area contributed by atoms with E-state index in [4.69, 9.17) is 10.8 Å². The van der Waals surface area contributed by atoms with Crippen LogP contribution in [0.15, 0.2) is 81.1 Å². The van der Waals surface area contributed by atoms with Gasteiger partial charge in [0.2, 0.25) is 5.43 Å². The fourth-order valence-electron chi connectivity index (χ4n) is 3.50. The summed E-state index contributed by atoms with van der Waals surface area (Å²) in [7, 11) is 0. The van der Waals surface area contributed by atoms with Crippen LogP contribution in [-0.2, 0) is 6.54 Å². The molecule has 0 spiro atoms. The standard InChI is InChI=1S/C24H14N2O3S/c1-2-13-26-19-12-11-15-7-3-4-8-16(15)22(19)30-24(26)25-23(28)18-14-29-20-10-6-5-9-17(20)21(18)27/h1,3-12,14H,13H2. The lowest BCUT2D eigenvalue weighted by Gasteiger charge is -2.02. The average molecular weight is 410 g/mol. The molecule has 0 aliphatic heterocycles. The summed E-state index contributed by atoms with van der Waals surface area (Å²) in [4.78, 5) is 30.3. The number of benzene rings is 3. The van der Waals surface area contributed by atoms with E-state index in [0.717, 1.165) is 21.0 Å². The zero-order valence-electron chi connectivity index (χ0n) is 15.7. The molecule has 2 heterocycles. The summed E-state index contributed by atoms with van der Waals surface area (Å²) in [6, 6.07) is 18.8. The van der Waals surface area contributed by atoms with Gasteiger partial charge in [0.1, 0.15) is 17.4 Å². The van der Waals surface area contributed by atoms with Crippen LogP contribution in [0.3, 0.4) is 0 Å². The van der Waals surface area contributed by atoms with Gasteiger partial charge in [-0.3, -0.25) is 9.59 Å². The first-order valence-electron chi connectivity index (χ1n) is 9.21. The molecule has 0 fully saturated rings. The number of carbonyl (C=O) groups excluding carboxylic acids is 1. The van der Waals surface area contributed by atoms with E-state index in [0.29, 0.717) is 15.8 Å². The molecule has 0 bridgehead atoms. The van der Waals surface area contributed by atoms with Crippen molar-refractivity contribution in [3.05, 3.63) is 87.5 Å². The number of nitrogens with zero attached hydrogens (tertiary/aromatic N) is 2. The van der Waals surface area contributed by atoms with E-state index in [1.807, 2.05) is 41.0 Å². The van der Waals surface area contributed by atoms with Crippen molar-refractivity contribution >= 4 is 49.2 Å². The summed E-state index contributed by atoms with van der Waals surface area (Å²) in [5, 5.41) is 2.49. The van der Waals surface area contributed by atoms with Crippen molar-refractivity contribution in [3.63, 3.8) is 0 Å². The molecular weight excluding hydrogens is 396 g/mol. The molecule has 5 aromatic rings. The van der Waals surface area contributed by atoms with Crippen LogP contribution in [0.5, 0.6) is 0 Å². The second-order valence-corrected chi connectivity index (χ2v) is 7.68. The summed E-state index contributed by atoms with van der Waals surface area (Å²) < 4.78 is 8.26. The number of hydrogen-bond donors (Lipinski definition) is 0. The number of terminal acetylenes is 1. The Bertz CT molecular complexity index is 1630. The Kier molecular flexibility index (Phi) is 4.31. The molecule has 30 heavy (non-hydrogen) atoms. The molecule has 6 heteroatoms. The van der Waals surface area contributed by atoms with Crippen LogP contribution in [0.2, 0.25) is 0 Å². The minimum Gasteiger partial charge on any atom is -0.463 e. The monoisotopic (exact) mass is 410 g/mol. The number of aromatic nitrogens is 1. The molecule has 0 atom stereocenters. The van der Waals surface area contributed by atoms with Crippen molar-refractivity contribution < 1.29 is 9.21 Å². The number of thiazole rings is 1. The Balaban J connectivity index is 1.74. The van der Waals surface area contributed by atoms with Gasteiger partial charge in [0.05, 0.1) is 22.1 Å². The van der Waals surface area contributed by atoms with E-state index in [-0.39, 0.29) is 12.1 Å². The molecule has 0 aliphatic rings. The van der Waals surface area contributed by atoms with Crippen molar-refractivity contribution in [2.45, 2.75) is 6.54 Å². The highest BCUT2D eigenvalue weighted by atomic mass is 32.1. The lowest BCUT2D eigenvalue weighted by molar-refractivity contribution is 0.0995. The van der Waals surface area contributed by atoms with E-state index >= 15 is 0 Å². The predicted octanol–water partition coefficient (Wildman–Crippen LogP) is 4.34. The molecule has 0 aliphatic carbocycles. The van der Waals surface area contributed by atoms with E-state index in [1.54, 1.807) is 24.3 Å². The minimum absolute atomic E-state index is 0.108. The summed E-state index contributed by atoms with van der Waals surface area (Å²) in [6.07, 6.45) is 6.73. The van der Waals surface area contributed by atoms with Gasteiger partial charge < -0.3 is 8.98 Å². The molecule has 5 rings (SSSR count). The van der Waals surface area contributed by atoms with Gasteiger partial charge in [-0.05, 0) is 23.6 Å². The van der Waals surface area contributed by atoms with Crippen LogP contribution < -0.4 is 10.2 Å². The first-order chi connectivity index (χ1) is 14.7. The van der Waals surface area contributed by atoms with Crippen molar-refractivity contribution in [2.75, 3.05) is 0 Å². The Hall–Kier alpha value is -3.95. The largest absolute Gasteiger partial charge is 0.463 e. The van der Waals surface area contributed by atoms with Crippen LogP contribution in [0.25, 0.3) is 32.0 Å². The summed E-state index contributed by atoms with van der Waals surface area (Å²) in [6.45, 7) is 0.261. The number of rotatable bonds is 2. The van der Waals surface area contributed by atoms with Gasteiger partial charge in [-0.25, -0.2) is 0 Å². The van der Waals surface area contributed by atoms with Gasteiger partial charge >= 0.3 is 0 Å². The first-order valence-corrected chi connectivity index (χ1v) is 10.0. The number of amides is 1. The third-order valence-electron chi connectivity index (χ3n) is 4.93. The Morgan fingerprint density at radius 1 is 1.07 bits per heavy atom. The summed E-state index contributed by atoms with van der Waals surface area (Å²) in [5.74, 6) is 1.96. The third kappa shape index (κ3) is 2.84. The molecule has 5 nitrogen and oxygen atoms in total. The Labute approximate surface area is 174 Å². The van der Waals surface area contributed by atoms with Gasteiger partial charge in [0.15, 0.2) is 4.80 Å². The topological polar surface area (TPSA) is 64.6 Å². The Morgan fingerprint density at radius 2 is 1.83 bits per heavy atom. The molecule has 0 N–H and O–H groups in total. The van der Waals surface area contributed by atoms with Gasteiger partial charge in [0.25, 0.3) is 5.91 Å². The lowest BCUT2D eigenvalue weighted by Crippen LogP contribution is -2.19. The van der Waals surface area contributed by atoms with Gasteiger partial charge in [-0.2, -0.15) is 4.99 Å². The van der Waals surface area contributed by atoms with Gasteiger partial charge in [-0.1, -0.05) is 59.7 Å². The molecular formula is C24H14N2O3S. The number of para-hydroxylation sites is 1. The molecule has 2 aromatic heterocycles. The molecule has 0 unspecified atom stereocenters. The molecule has 0 radical (unpaired) electrons. The molecule has 0 saturated carbocycles. The normalized spacial score (nSPS) is 11.9. The van der Waals surface area contributed by atoms with Crippen LogP contribution >= 0.6 is 11.3 Å². The molecule has 144 valence electrons. The summed E-state index contributed by atoms with van der Waals surface area (Å²) in [5.41, 5.74) is 0.812. The first kappa shape index (κ1) is 18.1. The van der Waals surface area contributed by atoms with Crippen LogP contribution in [0.1, 0.15) is 10.4 Å². The number of carbonyl (C=O) groups is 1. The highest BCUT2D eigenvalue weighted by Crippen LogP contribution is 2.27. The fraction of sp³-hybridized carbons (Fsp3) is 0.0417. The van der Waals surface area contributed by atoms with E-state index < -0.39 is 11.3 Å². The van der Waals surface area contributed by atoms with Crippen LogP contribution in [0, 0.1) is 12.3 Å². The van der Waals surface area contributed by atoms with Crippen LogP contribution in [0.4, 0.5) is 0 Å². The van der Waals surface area contributed by atoms with Crippen molar-refractivity contribution in [1.82, 2.24) is 4.57 Å². The van der Waals surface area contributed by atoms with E-state index in [1.165, 1.54) is 17.6 Å². The second kappa shape index (κ2) is 7.14. The maximum atomic E-state index is 12.9. The van der Waals surface area contributed by atoms with Crippen LogP contribution in [-0.4, -0.2) is 10.5 Å². The third-order valence-corrected chi connectivity index (χ3v) is 6.06. The Morgan fingerprint density at radius 3 is 2.67 bits per heavy atom. The zero-order valence-corrected chi connectivity index (χ0v) is 16.5. The SMILES string of the molecule is C#CCn1c(=NC(=O)c2coc3ccccc3c2=O)sc2c3ccccc3ccc21. The number of hydrogen-bond acceptors (Lipinski definition) is 4. The van der Waals surface area contributed by atoms with Gasteiger partial charge in [0, 0.05) is 5.39 Å². The maximum Gasteiger partial charge on any atom is 0.286 e. The van der Waals surface area contributed by atoms with Crippen molar-refractivity contribution in [2.24, 2.45) is 4.99 Å². The molecule has 1 amide bonds. The molecule has 3 aromatic carbocycles. The predicted molar refractivity (Wildman–Crippen MR) is 119 cm³/mol. The lowest BCUT2D eigenvalue weighted by atomic mass is 10.1. The second-order valence-electron chi connectivity index (χ2n) is 6.70. The van der Waals surface area contributed by atoms with Crippen molar-refractivity contribution in [3.8, 4) is 12.3 Å². The molecule has 0 saturated heterocycles. The highest BCUT2D eigenvalue weighted by Gasteiger charge is 2.15. The smallest absolute Gasteiger partial charge is 0.286 e. The van der Waals surface area contributed by atoms with E-state index in [2.05, 4.69) is 10.9 Å². The zero-order chi connectivity index (χ0) is 20.7. The van der Waals surface area contributed by atoms with Crippen molar-refractivity contribution in [1.29, 1.82) is 0 Å². The average Bonchev–Trinajstić information content (AvgIpc) is 3.12. The maximum absolute atomic E-state index is 12.9. The van der Waals surface area contributed by atoms with Gasteiger partial charge in [-0.15, -0.1) is 6.42 Å².